The van der Waals surface area contributed by atoms with Gasteiger partial charge in [0.05, 0.1) is 87.5 Å². The Morgan fingerprint density at radius 2 is 1.13 bits per heavy atom. The van der Waals surface area contributed by atoms with Gasteiger partial charge < -0.3 is 38.9 Å². The number of hydrogen-bond acceptors (Lipinski definition) is 12. The van der Waals surface area contributed by atoms with E-state index in [1.165, 1.54) is 44.7 Å². The minimum absolute atomic E-state index is 0.00158. The summed E-state index contributed by atoms with van der Waals surface area (Å²) in [7, 11) is 1.72. The maximum absolute atomic E-state index is 13.2. The fourth-order valence-electron chi connectivity index (χ4n) is 7.75. The summed E-state index contributed by atoms with van der Waals surface area (Å²) in [5, 5.41) is 31.9. The molecule has 1 aliphatic heterocycles. The lowest BCUT2D eigenvalue weighted by Crippen LogP contribution is -2.41. The second-order valence-electron chi connectivity index (χ2n) is 20.2. The molecular formula is C52H54BF6IN8O8. The SMILES string of the molecule is CC(C)(C#N)c1ccc2c(I)cnn2c1.COc1cc(-c2cnn3cc(C(C)(C)C#N)ccc23)cc(OC(F)F)c1C(=O)N[C@@H]1C[C@@H]1F.COc1cc(B2OC(C)(C)C(C)(C)O2)cc(OC(F)F)c1C(=O)N[C@@H]1C[C@@H]1F. The van der Waals surface area contributed by atoms with E-state index in [4.69, 9.17) is 24.0 Å². The summed E-state index contributed by atoms with van der Waals surface area (Å²) in [6.45, 7) is 8.44. The Bertz CT molecular complexity index is 3230. The Hall–Kier alpha value is -6.77. The maximum atomic E-state index is 13.2. The number of hydrogen-bond donors (Lipinski definition) is 2. The molecule has 9 rings (SSSR count). The fourth-order valence-corrected chi connectivity index (χ4v) is 8.31. The number of carbonyl (C=O) groups excluding carboxylic acids is 2. The molecular weight excluding hydrogens is 1120 g/mol. The third-order valence-electron chi connectivity index (χ3n) is 13.4. The van der Waals surface area contributed by atoms with Crippen molar-refractivity contribution in [2.45, 2.75) is 128 Å². The number of rotatable bonds is 14. The zero-order valence-corrected chi connectivity index (χ0v) is 45.1. The van der Waals surface area contributed by atoms with Gasteiger partial charge in [0.2, 0.25) is 0 Å². The number of alkyl halides is 6. The average molecular weight is 1170 g/mol. The molecule has 16 nitrogen and oxygen atoms in total. The highest BCUT2D eigenvalue weighted by Gasteiger charge is 2.52. The molecule has 0 unspecified atom stereocenters. The van der Waals surface area contributed by atoms with Crippen LogP contribution in [0.5, 0.6) is 23.0 Å². The lowest BCUT2D eigenvalue weighted by molar-refractivity contribution is -0.0509. The van der Waals surface area contributed by atoms with Crippen molar-refractivity contribution in [2.24, 2.45) is 0 Å². The highest BCUT2D eigenvalue weighted by Crippen LogP contribution is 2.41. The van der Waals surface area contributed by atoms with Crippen LogP contribution < -0.4 is 35.0 Å². The third-order valence-corrected chi connectivity index (χ3v) is 14.2. The second-order valence-corrected chi connectivity index (χ2v) is 21.3. The Kier molecular flexibility index (Phi) is 16.5. The number of methoxy groups -OCH3 is 2. The molecule has 402 valence electrons. The maximum Gasteiger partial charge on any atom is 0.495 e. The van der Waals surface area contributed by atoms with E-state index in [0.717, 1.165) is 20.2 Å². The molecule has 2 aromatic carbocycles. The van der Waals surface area contributed by atoms with E-state index in [1.54, 1.807) is 36.7 Å². The number of carbonyl (C=O) groups is 2. The van der Waals surface area contributed by atoms with Crippen LogP contribution in [0.2, 0.25) is 0 Å². The lowest BCUT2D eigenvalue weighted by atomic mass is 9.78. The van der Waals surface area contributed by atoms with Gasteiger partial charge in [-0.3, -0.25) is 9.59 Å². The summed E-state index contributed by atoms with van der Waals surface area (Å²) < 4.78 is 115. The van der Waals surface area contributed by atoms with Crippen LogP contribution in [0, 0.1) is 26.2 Å². The smallest absolute Gasteiger partial charge is 0.495 e. The van der Waals surface area contributed by atoms with Crippen LogP contribution in [0.25, 0.3) is 22.2 Å². The Morgan fingerprint density at radius 1 is 0.724 bits per heavy atom. The predicted octanol–water partition coefficient (Wildman–Crippen LogP) is 9.43. The molecule has 2 saturated carbocycles. The van der Waals surface area contributed by atoms with Crippen molar-refractivity contribution >= 4 is 58.0 Å². The summed E-state index contributed by atoms with van der Waals surface area (Å²) in [5.41, 5.74) is 1.86. The van der Waals surface area contributed by atoms with Crippen LogP contribution in [0.15, 0.2) is 73.3 Å². The van der Waals surface area contributed by atoms with Gasteiger partial charge in [-0.2, -0.15) is 38.3 Å². The number of ether oxygens (including phenoxy) is 4. The van der Waals surface area contributed by atoms with Crippen molar-refractivity contribution in [1.29, 1.82) is 10.5 Å². The fraction of sp³-hybridized carbons (Fsp3) is 0.423. The molecule has 76 heavy (non-hydrogen) atoms. The first kappa shape index (κ1) is 57.0. The summed E-state index contributed by atoms with van der Waals surface area (Å²) >= 11 is 2.25. The van der Waals surface area contributed by atoms with Crippen molar-refractivity contribution < 1.29 is 64.2 Å². The number of nitrogens with one attached hydrogen (secondary N) is 2. The van der Waals surface area contributed by atoms with E-state index in [1.807, 2.05) is 70.6 Å². The molecule has 24 heteroatoms. The first-order valence-electron chi connectivity index (χ1n) is 23.7. The van der Waals surface area contributed by atoms with Gasteiger partial charge in [-0.1, -0.05) is 12.1 Å². The second kappa shape index (κ2) is 22.1. The molecule has 0 bridgehead atoms. The van der Waals surface area contributed by atoms with Crippen LogP contribution in [-0.4, -0.2) is 101 Å². The number of benzene rings is 2. The molecule has 3 aliphatic rings. The summed E-state index contributed by atoms with van der Waals surface area (Å²) in [5.74, 6) is -2.31. The molecule has 3 fully saturated rings. The van der Waals surface area contributed by atoms with E-state index in [2.05, 4.69) is 65.0 Å². The largest absolute Gasteiger partial charge is 0.496 e. The van der Waals surface area contributed by atoms with Crippen molar-refractivity contribution in [3.05, 3.63) is 99.1 Å². The third kappa shape index (κ3) is 12.4. The highest BCUT2D eigenvalue weighted by molar-refractivity contribution is 14.1. The first-order chi connectivity index (χ1) is 35.6. The number of halogens is 7. The lowest BCUT2D eigenvalue weighted by Gasteiger charge is -2.32. The van der Waals surface area contributed by atoms with Crippen LogP contribution in [0.3, 0.4) is 0 Å². The average Bonchev–Trinajstić information content (AvgIpc) is 4.08. The molecule has 2 N–H and O–H groups in total. The molecule has 2 amide bonds. The van der Waals surface area contributed by atoms with Gasteiger partial charge in [-0.05, 0) is 137 Å². The molecule has 0 spiro atoms. The minimum atomic E-state index is -3.19. The molecule has 0 radical (unpaired) electrons. The van der Waals surface area contributed by atoms with Crippen molar-refractivity contribution in [1.82, 2.24) is 29.9 Å². The van der Waals surface area contributed by atoms with Gasteiger partial charge in [-0.15, -0.1) is 0 Å². The quantitative estimate of drug-likeness (QED) is 0.0597. The van der Waals surface area contributed by atoms with Crippen LogP contribution in [0.1, 0.15) is 100 Å². The van der Waals surface area contributed by atoms with Crippen molar-refractivity contribution in [3.63, 3.8) is 0 Å². The van der Waals surface area contributed by atoms with Crippen molar-refractivity contribution in [3.8, 4) is 46.3 Å². The molecule has 4 atom stereocenters. The van der Waals surface area contributed by atoms with Crippen LogP contribution >= 0.6 is 22.6 Å². The van der Waals surface area contributed by atoms with E-state index in [0.29, 0.717) is 22.1 Å². The monoisotopic (exact) mass is 1170 g/mol. The number of fused-ring (bicyclic) bond motifs is 2. The topological polar surface area (TPSA) is 196 Å². The van der Waals surface area contributed by atoms with E-state index >= 15 is 0 Å². The molecule has 6 aromatic rings. The Morgan fingerprint density at radius 3 is 1.58 bits per heavy atom. The summed E-state index contributed by atoms with van der Waals surface area (Å²) in [4.78, 5) is 25.2. The van der Waals surface area contributed by atoms with Gasteiger partial charge in [0.25, 0.3) is 11.8 Å². The highest BCUT2D eigenvalue weighted by atomic mass is 127. The van der Waals surface area contributed by atoms with Crippen LogP contribution in [0.4, 0.5) is 26.3 Å². The van der Waals surface area contributed by atoms with E-state index in [9.17, 15) is 41.2 Å². The summed E-state index contributed by atoms with van der Waals surface area (Å²) in [6, 6.07) is 16.3. The number of pyridine rings is 2. The number of aromatic nitrogens is 4. The van der Waals surface area contributed by atoms with Crippen LogP contribution in [-0.2, 0) is 20.1 Å². The molecule has 5 heterocycles. The Labute approximate surface area is 448 Å². The van der Waals surface area contributed by atoms with Gasteiger partial charge in [0, 0.05) is 30.8 Å². The predicted molar refractivity (Wildman–Crippen MR) is 276 cm³/mol. The van der Waals surface area contributed by atoms with Gasteiger partial charge in [0.1, 0.15) is 46.5 Å². The first-order valence-corrected chi connectivity index (χ1v) is 24.7. The summed E-state index contributed by atoms with van der Waals surface area (Å²) in [6.07, 6.45) is 5.05. The van der Waals surface area contributed by atoms with Gasteiger partial charge >= 0.3 is 20.3 Å². The molecule has 2 aliphatic carbocycles. The van der Waals surface area contributed by atoms with Crippen molar-refractivity contribution in [2.75, 3.05) is 14.2 Å². The zero-order chi connectivity index (χ0) is 55.8. The molecule has 1 saturated heterocycles. The van der Waals surface area contributed by atoms with E-state index in [-0.39, 0.29) is 35.5 Å². The number of amides is 2. The van der Waals surface area contributed by atoms with Gasteiger partial charge in [-0.25, -0.2) is 17.8 Å². The number of nitrogens with zero attached hydrogens (tertiary/aromatic N) is 6. The van der Waals surface area contributed by atoms with E-state index < -0.39 is 90.1 Å². The number of nitriles is 2. The van der Waals surface area contributed by atoms with Gasteiger partial charge in [0.15, 0.2) is 0 Å². The minimum Gasteiger partial charge on any atom is -0.496 e. The Balaban J connectivity index is 0.000000177. The zero-order valence-electron chi connectivity index (χ0n) is 43.0. The standard InChI is InChI=1S/C23H21F3N4O3.C18H23BF3NO5.C11H10IN3/c1-23(2,11-27)13-4-5-17-14(9-28-30(17)10-13)12-6-18(32-3)20(19(7-12)33-22(25)26)21(31)29-16-8-15(16)24;1-17(2)18(3,4)28-19(27-17)9-6-12(25-5)14(13(7-9)26-16(21)22)15(24)23-11-8-10(11)20;1-11(2,7-13)8-3-4-10-9(12)5-14-15(10)6-8/h4-7,9-10,15-16,22H,8H2,1-3H3,(H,29,31);6-7,10-11,16H,8H2,1-5H3,(H,23,24);3-6H,1-2H3/t15-,16+;10-,11+;/m00./s1. The molecule has 4 aromatic heterocycles. The normalized spacial score (nSPS) is 19.1.